The molecule has 0 spiro atoms. The smallest absolute Gasteiger partial charge is 0.166 e. The molecule has 1 aliphatic rings. The average molecular weight is 249 g/mol. The van der Waals surface area contributed by atoms with Crippen molar-refractivity contribution in [3.63, 3.8) is 0 Å². The second kappa shape index (κ2) is 5.96. The van der Waals surface area contributed by atoms with Crippen LogP contribution in [-0.4, -0.2) is 16.1 Å². The summed E-state index contributed by atoms with van der Waals surface area (Å²) in [4.78, 5) is 4.26. The summed E-state index contributed by atoms with van der Waals surface area (Å²) in [7, 11) is 0. The van der Waals surface area contributed by atoms with Gasteiger partial charge in [0.25, 0.3) is 0 Å². The van der Waals surface area contributed by atoms with Crippen LogP contribution >= 0.6 is 12.2 Å². The molecule has 0 bridgehead atoms. The van der Waals surface area contributed by atoms with Crippen molar-refractivity contribution in [2.45, 2.75) is 45.2 Å². The predicted octanol–water partition coefficient (Wildman–Crippen LogP) is 2.30. The second-order valence-corrected chi connectivity index (χ2v) is 5.02. The summed E-state index contributed by atoms with van der Waals surface area (Å²) >= 11 is 5.27. The minimum atomic E-state index is 0.575. The molecule has 0 amide bonds. The predicted molar refractivity (Wildman–Crippen MR) is 73.8 cm³/mol. The Morgan fingerprint density at radius 1 is 1.41 bits per heavy atom. The van der Waals surface area contributed by atoms with E-state index in [-0.39, 0.29) is 0 Å². The number of hydrogen-bond acceptors (Lipinski definition) is 2. The molecule has 0 unspecified atom stereocenters. The van der Waals surface area contributed by atoms with Crippen molar-refractivity contribution in [3.05, 3.63) is 29.6 Å². The first kappa shape index (κ1) is 12.3. The Kier molecular flexibility index (Phi) is 4.31. The maximum Gasteiger partial charge on any atom is 0.166 e. The summed E-state index contributed by atoms with van der Waals surface area (Å²) in [5.41, 5.74) is 2.20. The van der Waals surface area contributed by atoms with Crippen LogP contribution in [0.4, 0.5) is 0 Å². The van der Waals surface area contributed by atoms with Gasteiger partial charge in [-0.1, -0.05) is 18.9 Å². The molecule has 1 fully saturated rings. The van der Waals surface area contributed by atoms with E-state index in [1.165, 1.54) is 25.7 Å². The lowest BCUT2D eigenvalue weighted by Crippen LogP contribution is -2.40. The third-order valence-corrected chi connectivity index (χ3v) is 3.38. The van der Waals surface area contributed by atoms with Crippen LogP contribution in [-0.2, 0) is 6.54 Å². The van der Waals surface area contributed by atoms with E-state index >= 15 is 0 Å². The lowest BCUT2D eigenvalue weighted by atomic mass is 10.2. The molecule has 0 atom stereocenters. The van der Waals surface area contributed by atoms with E-state index in [4.69, 9.17) is 12.2 Å². The van der Waals surface area contributed by atoms with Crippen LogP contribution in [0.1, 0.15) is 36.9 Å². The highest BCUT2D eigenvalue weighted by Gasteiger charge is 2.15. The van der Waals surface area contributed by atoms with Crippen LogP contribution in [0.2, 0.25) is 0 Å². The summed E-state index contributed by atoms with van der Waals surface area (Å²) in [5.74, 6) is 0. The zero-order valence-corrected chi connectivity index (χ0v) is 11.0. The van der Waals surface area contributed by atoms with Gasteiger partial charge in [-0.15, -0.1) is 0 Å². The SMILES string of the molecule is Cc1ccc(CNC(=S)NC2CCCC2)cn1. The maximum atomic E-state index is 5.27. The number of hydrogen-bond donors (Lipinski definition) is 2. The van der Waals surface area contributed by atoms with Crippen LogP contribution < -0.4 is 10.6 Å². The van der Waals surface area contributed by atoms with Gasteiger partial charge < -0.3 is 10.6 Å². The zero-order valence-electron chi connectivity index (χ0n) is 10.2. The Balaban J connectivity index is 1.73. The molecule has 1 aromatic rings. The summed E-state index contributed by atoms with van der Waals surface area (Å²) in [6, 6.07) is 4.67. The molecule has 1 aliphatic carbocycles. The van der Waals surface area contributed by atoms with Gasteiger partial charge in [-0.05, 0) is 43.6 Å². The number of aryl methyl sites for hydroxylation is 1. The first-order chi connectivity index (χ1) is 8.24. The van der Waals surface area contributed by atoms with Gasteiger partial charge in [0.15, 0.2) is 5.11 Å². The summed E-state index contributed by atoms with van der Waals surface area (Å²) in [5, 5.41) is 7.35. The fourth-order valence-corrected chi connectivity index (χ4v) is 2.33. The average Bonchev–Trinajstić information content (AvgIpc) is 2.81. The first-order valence-corrected chi connectivity index (χ1v) is 6.61. The first-order valence-electron chi connectivity index (χ1n) is 6.20. The number of rotatable bonds is 3. The molecule has 17 heavy (non-hydrogen) atoms. The molecule has 1 heterocycles. The molecule has 4 heteroatoms. The molecule has 92 valence electrons. The van der Waals surface area contributed by atoms with Gasteiger partial charge in [0.2, 0.25) is 0 Å². The number of nitrogens with one attached hydrogen (secondary N) is 2. The fraction of sp³-hybridized carbons (Fsp3) is 0.538. The van der Waals surface area contributed by atoms with E-state index < -0.39 is 0 Å². The van der Waals surface area contributed by atoms with Crippen molar-refractivity contribution in [3.8, 4) is 0 Å². The van der Waals surface area contributed by atoms with Gasteiger partial charge in [0.1, 0.15) is 0 Å². The Labute approximate surface area is 108 Å². The number of thiocarbonyl (C=S) groups is 1. The molecule has 1 aromatic heterocycles. The molecule has 0 aromatic carbocycles. The second-order valence-electron chi connectivity index (χ2n) is 4.62. The standard InChI is InChI=1S/C13H19N3S/c1-10-6-7-11(8-14-10)9-15-13(17)16-12-4-2-3-5-12/h6-8,12H,2-5,9H2,1H3,(H2,15,16,17). The summed E-state index contributed by atoms with van der Waals surface area (Å²) in [6.07, 6.45) is 7.02. The molecular formula is C13H19N3S. The molecule has 0 radical (unpaired) electrons. The van der Waals surface area contributed by atoms with Crippen molar-refractivity contribution in [2.24, 2.45) is 0 Å². The minimum Gasteiger partial charge on any atom is -0.360 e. The normalized spacial score (nSPS) is 15.8. The van der Waals surface area contributed by atoms with Crippen molar-refractivity contribution in [1.29, 1.82) is 0 Å². The Hall–Kier alpha value is -1.16. The zero-order chi connectivity index (χ0) is 12.1. The molecule has 3 nitrogen and oxygen atoms in total. The van der Waals surface area contributed by atoms with Crippen LogP contribution in [0.15, 0.2) is 18.3 Å². The number of pyridine rings is 1. The topological polar surface area (TPSA) is 37.0 Å². The highest BCUT2D eigenvalue weighted by atomic mass is 32.1. The Morgan fingerprint density at radius 2 is 2.18 bits per heavy atom. The van der Waals surface area contributed by atoms with Gasteiger partial charge in [-0.2, -0.15) is 0 Å². The highest BCUT2D eigenvalue weighted by molar-refractivity contribution is 7.80. The van der Waals surface area contributed by atoms with Crippen LogP contribution in [0.25, 0.3) is 0 Å². The molecule has 1 saturated carbocycles. The lowest BCUT2D eigenvalue weighted by Gasteiger charge is -2.15. The summed E-state index contributed by atoms with van der Waals surface area (Å²) in [6.45, 7) is 2.73. The molecule has 2 rings (SSSR count). The largest absolute Gasteiger partial charge is 0.360 e. The quantitative estimate of drug-likeness (QED) is 0.806. The van der Waals surface area contributed by atoms with Gasteiger partial charge in [0.05, 0.1) is 0 Å². The molecule has 0 aliphatic heterocycles. The maximum absolute atomic E-state index is 5.27. The third kappa shape index (κ3) is 3.97. The van der Waals surface area contributed by atoms with Gasteiger partial charge in [-0.3, -0.25) is 4.98 Å². The van der Waals surface area contributed by atoms with Gasteiger partial charge >= 0.3 is 0 Å². The van der Waals surface area contributed by atoms with Crippen molar-refractivity contribution in [1.82, 2.24) is 15.6 Å². The monoisotopic (exact) mass is 249 g/mol. The van der Waals surface area contributed by atoms with E-state index in [1.807, 2.05) is 19.2 Å². The summed E-state index contributed by atoms with van der Waals surface area (Å²) < 4.78 is 0. The van der Waals surface area contributed by atoms with Gasteiger partial charge in [-0.25, -0.2) is 0 Å². The van der Waals surface area contributed by atoms with E-state index in [2.05, 4.69) is 21.7 Å². The fourth-order valence-electron chi connectivity index (χ4n) is 2.09. The molecule has 2 N–H and O–H groups in total. The van der Waals surface area contributed by atoms with Crippen molar-refractivity contribution >= 4 is 17.3 Å². The third-order valence-electron chi connectivity index (χ3n) is 3.12. The van der Waals surface area contributed by atoms with Gasteiger partial charge in [0, 0.05) is 24.5 Å². The van der Waals surface area contributed by atoms with Crippen LogP contribution in [0.3, 0.4) is 0 Å². The molecular weight excluding hydrogens is 230 g/mol. The van der Waals surface area contributed by atoms with E-state index in [1.54, 1.807) is 0 Å². The number of aromatic nitrogens is 1. The van der Waals surface area contributed by atoms with Crippen LogP contribution in [0, 0.1) is 6.92 Å². The molecule has 0 saturated heterocycles. The lowest BCUT2D eigenvalue weighted by molar-refractivity contribution is 0.621. The van der Waals surface area contributed by atoms with Crippen molar-refractivity contribution < 1.29 is 0 Å². The highest BCUT2D eigenvalue weighted by Crippen LogP contribution is 2.17. The Morgan fingerprint density at radius 3 is 2.82 bits per heavy atom. The van der Waals surface area contributed by atoms with E-state index in [9.17, 15) is 0 Å². The minimum absolute atomic E-state index is 0.575. The Bertz CT molecular complexity index is 369. The number of nitrogens with zero attached hydrogens (tertiary/aromatic N) is 1. The van der Waals surface area contributed by atoms with Crippen molar-refractivity contribution in [2.75, 3.05) is 0 Å². The van der Waals surface area contributed by atoms with E-state index in [0.29, 0.717) is 6.04 Å². The van der Waals surface area contributed by atoms with Crippen LogP contribution in [0.5, 0.6) is 0 Å². The van der Waals surface area contributed by atoms with E-state index in [0.717, 1.165) is 22.9 Å².